The van der Waals surface area contributed by atoms with Gasteiger partial charge >= 0.3 is 0 Å². The summed E-state index contributed by atoms with van der Waals surface area (Å²) in [7, 11) is -3.33. The van der Waals surface area contributed by atoms with Gasteiger partial charge in [-0.25, -0.2) is 8.42 Å². The van der Waals surface area contributed by atoms with Crippen molar-refractivity contribution in [1.29, 1.82) is 0 Å². The third kappa shape index (κ3) is 3.87. The van der Waals surface area contributed by atoms with Crippen molar-refractivity contribution in [3.63, 3.8) is 0 Å². The van der Waals surface area contributed by atoms with E-state index in [4.69, 9.17) is 0 Å². The Morgan fingerprint density at radius 2 is 1.73 bits per heavy atom. The summed E-state index contributed by atoms with van der Waals surface area (Å²) < 4.78 is 26.6. The number of aryl methyl sites for hydroxylation is 1. The summed E-state index contributed by atoms with van der Waals surface area (Å²) in [5.41, 5.74) is 1.82. The molecule has 1 aromatic rings. The maximum atomic E-state index is 12.5. The first kappa shape index (κ1) is 17.0. The lowest BCUT2D eigenvalue weighted by Crippen LogP contribution is -2.51. The van der Waals surface area contributed by atoms with Gasteiger partial charge in [0.1, 0.15) is 0 Å². The molecule has 5 nitrogen and oxygen atoms in total. The number of hydrogen-bond donors (Lipinski definition) is 0. The molecule has 1 aliphatic heterocycles. The van der Waals surface area contributed by atoms with Crippen LogP contribution in [0, 0.1) is 12.8 Å². The average molecular weight is 324 g/mol. The van der Waals surface area contributed by atoms with Crippen LogP contribution in [0.1, 0.15) is 25.0 Å². The van der Waals surface area contributed by atoms with Crippen molar-refractivity contribution in [2.75, 3.05) is 26.2 Å². The van der Waals surface area contributed by atoms with Crippen LogP contribution in [0.4, 0.5) is 0 Å². The molecule has 1 fully saturated rings. The molecule has 0 aromatic heterocycles. The van der Waals surface area contributed by atoms with Gasteiger partial charge in [0, 0.05) is 32.1 Å². The fraction of sp³-hybridized carbons (Fsp3) is 0.562. The molecule has 1 saturated heterocycles. The van der Waals surface area contributed by atoms with Crippen LogP contribution in [-0.4, -0.2) is 49.7 Å². The Morgan fingerprint density at radius 1 is 1.14 bits per heavy atom. The van der Waals surface area contributed by atoms with Crippen molar-refractivity contribution < 1.29 is 13.2 Å². The average Bonchev–Trinajstić information content (AvgIpc) is 2.49. The summed E-state index contributed by atoms with van der Waals surface area (Å²) in [5.74, 6) is 0.0729. The first-order valence-electron chi connectivity index (χ1n) is 7.62. The maximum Gasteiger partial charge on any atom is 0.225 e. The number of benzene rings is 1. The highest BCUT2D eigenvalue weighted by molar-refractivity contribution is 7.88. The summed E-state index contributed by atoms with van der Waals surface area (Å²) in [5, 5.41) is 0. The number of piperazine rings is 1. The van der Waals surface area contributed by atoms with Gasteiger partial charge in [0.2, 0.25) is 15.9 Å². The molecule has 0 atom stereocenters. The van der Waals surface area contributed by atoms with E-state index in [0.29, 0.717) is 26.2 Å². The van der Waals surface area contributed by atoms with Crippen LogP contribution in [0.2, 0.25) is 0 Å². The minimum Gasteiger partial charge on any atom is -0.340 e. The van der Waals surface area contributed by atoms with E-state index < -0.39 is 10.0 Å². The van der Waals surface area contributed by atoms with E-state index in [2.05, 4.69) is 0 Å². The Hall–Kier alpha value is -1.40. The standard InChI is InChI=1S/C16H24N2O3S/c1-13(2)16(19)17-8-10-18(11-9-17)22(20,21)12-15-7-5-4-6-14(15)3/h4-7,13H,8-12H2,1-3H3. The molecular weight excluding hydrogens is 300 g/mol. The van der Waals surface area contributed by atoms with E-state index >= 15 is 0 Å². The number of sulfonamides is 1. The normalized spacial score (nSPS) is 17.0. The van der Waals surface area contributed by atoms with Gasteiger partial charge in [0.05, 0.1) is 5.75 Å². The van der Waals surface area contributed by atoms with Gasteiger partial charge in [-0.05, 0) is 18.1 Å². The predicted octanol–water partition coefficient (Wildman–Crippen LogP) is 1.63. The molecular formula is C16H24N2O3S. The van der Waals surface area contributed by atoms with Gasteiger partial charge in [-0.3, -0.25) is 4.79 Å². The van der Waals surface area contributed by atoms with Gasteiger partial charge in [0.25, 0.3) is 0 Å². The van der Waals surface area contributed by atoms with E-state index in [9.17, 15) is 13.2 Å². The van der Waals surface area contributed by atoms with E-state index in [1.807, 2.05) is 45.0 Å². The van der Waals surface area contributed by atoms with E-state index in [-0.39, 0.29) is 17.6 Å². The largest absolute Gasteiger partial charge is 0.340 e. The molecule has 0 unspecified atom stereocenters. The number of amides is 1. The van der Waals surface area contributed by atoms with Crippen LogP contribution in [0.3, 0.4) is 0 Å². The van der Waals surface area contributed by atoms with Crippen molar-refractivity contribution in [3.8, 4) is 0 Å². The Labute approximate surface area is 133 Å². The molecule has 22 heavy (non-hydrogen) atoms. The summed E-state index contributed by atoms with van der Waals surface area (Å²) in [6.45, 7) is 7.37. The van der Waals surface area contributed by atoms with E-state index in [0.717, 1.165) is 11.1 Å². The summed E-state index contributed by atoms with van der Waals surface area (Å²) in [6, 6.07) is 7.54. The monoisotopic (exact) mass is 324 g/mol. The Bertz CT molecular complexity index is 633. The Morgan fingerprint density at radius 3 is 2.27 bits per heavy atom. The van der Waals surface area contributed by atoms with Crippen LogP contribution in [0.5, 0.6) is 0 Å². The van der Waals surface area contributed by atoms with Crippen LogP contribution in [0.15, 0.2) is 24.3 Å². The quantitative estimate of drug-likeness (QED) is 0.846. The minimum absolute atomic E-state index is 0.0256. The highest BCUT2D eigenvalue weighted by Gasteiger charge is 2.29. The molecule has 122 valence electrons. The summed E-state index contributed by atoms with van der Waals surface area (Å²) >= 11 is 0. The molecule has 0 bridgehead atoms. The van der Waals surface area contributed by atoms with Gasteiger partial charge < -0.3 is 4.90 Å². The van der Waals surface area contributed by atoms with Crippen LogP contribution in [0.25, 0.3) is 0 Å². The maximum absolute atomic E-state index is 12.5. The first-order chi connectivity index (χ1) is 10.3. The van der Waals surface area contributed by atoms with Crippen molar-refractivity contribution >= 4 is 15.9 Å². The van der Waals surface area contributed by atoms with Crippen molar-refractivity contribution in [2.24, 2.45) is 5.92 Å². The van der Waals surface area contributed by atoms with Gasteiger partial charge in [0.15, 0.2) is 0 Å². The molecule has 6 heteroatoms. The smallest absolute Gasteiger partial charge is 0.225 e. The zero-order valence-corrected chi connectivity index (χ0v) is 14.3. The Balaban J connectivity index is 2.01. The van der Waals surface area contributed by atoms with Crippen molar-refractivity contribution in [2.45, 2.75) is 26.5 Å². The third-order valence-corrected chi connectivity index (χ3v) is 5.86. The molecule has 0 aliphatic carbocycles. The lowest BCUT2D eigenvalue weighted by molar-refractivity contribution is -0.135. The minimum atomic E-state index is -3.33. The molecule has 1 amide bonds. The second kappa shape index (κ2) is 6.79. The highest BCUT2D eigenvalue weighted by Crippen LogP contribution is 2.17. The SMILES string of the molecule is Cc1ccccc1CS(=O)(=O)N1CCN(C(=O)C(C)C)CC1. The van der Waals surface area contributed by atoms with Crippen LogP contribution < -0.4 is 0 Å². The molecule has 0 radical (unpaired) electrons. The van der Waals surface area contributed by atoms with Gasteiger partial charge in [-0.1, -0.05) is 38.1 Å². The summed E-state index contributed by atoms with van der Waals surface area (Å²) in [4.78, 5) is 13.7. The second-order valence-corrected chi connectivity index (χ2v) is 8.03. The molecule has 1 aromatic carbocycles. The molecule has 1 heterocycles. The van der Waals surface area contributed by atoms with Crippen molar-refractivity contribution in [1.82, 2.24) is 9.21 Å². The second-order valence-electron chi connectivity index (χ2n) is 6.06. The molecule has 0 N–H and O–H groups in total. The van der Waals surface area contributed by atoms with Gasteiger partial charge in [-0.15, -0.1) is 0 Å². The predicted molar refractivity (Wildman–Crippen MR) is 86.8 cm³/mol. The third-order valence-electron chi connectivity index (χ3n) is 4.04. The molecule has 0 saturated carbocycles. The van der Waals surface area contributed by atoms with Crippen LogP contribution >= 0.6 is 0 Å². The number of carbonyl (C=O) groups is 1. The first-order valence-corrected chi connectivity index (χ1v) is 9.23. The molecule has 2 rings (SSSR count). The number of nitrogens with zero attached hydrogens (tertiary/aromatic N) is 2. The lowest BCUT2D eigenvalue weighted by Gasteiger charge is -2.35. The van der Waals surface area contributed by atoms with E-state index in [1.54, 1.807) is 4.90 Å². The summed E-state index contributed by atoms with van der Waals surface area (Å²) in [6.07, 6.45) is 0. The van der Waals surface area contributed by atoms with Gasteiger partial charge in [-0.2, -0.15) is 4.31 Å². The Kier molecular flexibility index (Phi) is 5.24. The zero-order chi connectivity index (χ0) is 16.3. The highest BCUT2D eigenvalue weighted by atomic mass is 32.2. The lowest BCUT2D eigenvalue weighted by atomic mass is 10.1. The molecule has 0 spiro atoms. The fourth-order valence-corrected chi connectivity index (χ4v) is 4.23. The number of hydrogen-bond acceptors (Lipinski definition) is 3. The number of rotatable bonds is 4. The van der Waals surface area contributed by atoms with E-state index in [1.165, 1.54) is 4.31 Å². The number of carbonyl (C=O) groups excluding carboxylic acids is 1. The zero-order valence-electron chi connectivity index (χ0n) is 13.4. The fourth-order valence-electron chi connectivity index (χ4n) is 2.61. The topological polar surface area (TPSA) is 57.7 Å². The molecule has 1 aliphatic rings. The van der Waals surface area contributed by atoms with Crippen molar-refractivity contribution in [3.05, 3.63) is 35.4 Å². The van der Waals surface area contributed by atoms with Crippen LogP contribution in [-0.2, 0) is 20.6 Å².